The first kappa shape index (κ1) is 17.0. The minimum atomic E-state index is -0.914. The van der Waals surface area contributed by atoms with Crippen molar-refractivity contribution in [1.82, 2.24) is 4.90 Å². The van der Waals surface area contributed by atoms with Gasteiger partial charge in [-0.2, -0.15) is 0 Å². The maximum absolute atomic E-state index is 11.3. The molecule has 20 heavy (non-hydrogen) atoms. The highest BCUT2D eigenvalue weighted by Crippen LogP contribution is 2.36. The monoisotopic (exact) mass is 299 g/mol. The van der Waals surface area contributed by atoms with E-state index >= 15 is 0 Å². The fourth-order valence-corrected chi connectivity index (χ4v) is 2.82. The number of hydrogen-bond donors (Lipinski definition) is 1. The first-order chi connectivity index (χ1) is 9.29. The largest absolute Gasteiger partial charge is 0.490 e. The highest BCUT2D eigenvalue weighted by atomic mass is 32.1. The van der Waals surface area contributed by atoms with Crippen molar-refractivity contribution in [3.8, 4) is 5.75 Å². The predicted octanol–water partition coefficient (Wildman–Crippen LogP) is 3.46. The third-order valence-corrected chi connectivity index (χ3v) is 4.72. The molecule has 1 aromatic rings. The van der Waals surface area contributed by atoms with E-state index < -0.39 is 5.97 Å². The zero-order valence-corrected chi connectivity index (χ0v) is 13.8. The van der Waals surface area contributed by atoms with Gasteiger partial charge in [-0.1, -0.05) is 34.6 Å². The molecule has 1 aromatic heterocycles. The first-order valence-corrected chi connectivity index (χ1v) is 7.84. The lowest BCUT2D eigenvalue weighted by Crippen LogP contribution is -2.28. The van der Waals surface area contributed by atoms with E-state index in [0.29, 0.717) is 17.2 Å². The maximum atomic E-state index is 11.3. The maximum Gasteiger partial charge on any atom is 0.349 e. The molecule has 0 aliphatic carbocycles. The van der Waals surface area contributed by atoms with Crippen LogP contribution in [0.5, 0.6) is 5.75 Å². The summed E-state index contributed by atoms with van der Waals surface area (Å²) >= 11 is 1.31. The Morgan fingerprint density at radius 3 is 2.40 bits per heavy atom. The summed E-state index contributed by atoms with van der Waals surface area (Å²) in [5.74, 6) is -0.414. The summed E-state index contributed by atoms with van der Waals surface area (Å²) in [6, 6.07) is 1.87. The van der Waals surface area contributed by atoms with Crippen molar-refractivity contribution < 1.29 is 14.6 Å². The lowest BCUT2D eigenvalue weighted by molar-refractivity contribution is 0.0697. The molecule has 1 rings (SSSR count). The highest BCUT2D eigenvalue weighted by Gasteiger charge is 2.23. The second kappa shape index (κ2) is 7.09. The summed E-state index contributed by atoms with van der Waals surface area (Å²) in [6.45, 7) is 13.7. The van der Waals surface area contributed by atoms with Gasteiger partial charge in [0.25, 0.3) is 0 Å². The number of nitrogens with zero attached hydrogens (tertiary/aromatic N) is 1. The van der Waals surface area contributed by atoms with E-state index in [1.54, 1.807) is 0 Å². The van der Waals surface area contributed by atoms with Crippen LogP contribution < -0.4 is 4.74 Å². The Morgan fingerprint density at radius 2 is 1.95 bits per heavy atom. The standard InChI is InChI=1S/C15H25NO3S/c1-6-16(7-2)8-9-19-11-10-12(15(3,4)5)20-13(11)14(17)18/h10H,6-9H2,1-5H3,(H,17,18). The van der Waals surface area contributed by atoms with E-state index in [1.807, 2.05) is 6.07 Å². The van der Waals surface area contributed by atoms with Gasteiger partial charge in [-0.25, -0.2) is 4.79 Å². The fourth-order valence-electron chi connectivity index (χ4n) is 1.82. The molecule has 0 atom stereocenters. The summed E-state index contributed by atoms with van der Waals surface area (Å²) in [5, 5.41) is 9.27. The van der Waals surface area contributed by atoms with Crippen LogP contribution in [0.3, 0.4) is 0 Å². The Labute approximate surface area is 125 Å². The topological polar surface area (TPSA) is 49.8 Å². The molecular formula is C15H25NO3S. The Balaban J connectivity index is 2.78. The van der Waals surface area contributed by atoms with E-state index in [4.69, 9.17) is 4.74 Å². The Kier molecular flexibility index (Phi) is 6.02. The molecule has 0 amide bonds. The normalized spacial score (nSPS) is 11.9. The zero-order chi connectivity index (χ0) is 15.3. The summed E-state index contributed by atoms with van der Waals surface area (Å²) in [5.41, 5.74) is -0.0602. The summed E-state index contributed by atoms with van der Waals surface area (Å²) < 4.78 is 5.70. The van der Waals surface area contributed by atoms with Gasteiger partial charge >= 0.3 is 5.97 Å². The molecule has 0 saturated heterocycles. The molecular weight excluding hydrogens is 274 g/mol. The van der Waals surface area contributed by atoms with Crippen molar-refractivity contribution >= 4 is 17.3 Å². The molecule has 1 heterocycles. The number of likely N-dealkylation sites (N-methyl/N-ethyl adjacent to an activating group) is 1. The number of rotatable bonds is 7. The fraction of sp³-hybridized carbons (Fsp3) is 0.667. The van der Waals surface area contributed by atoms with E-state index in [0.717, 1.165) is 24.5 Å². The number of carbonyl (C=O) groups is 1. The molecule has 0 unspecified atom stereocenters. The van der Waals surface area contributed by atoms with E-state index in [-0.39, 0.29) is 5.41 Å². The van der Waals surface area contributed by atoms with E-state index in [9.17, 15) is 9.90 Å². The quantitative estimate of drug-likeness (QED) is 0.837. The molecule has 0 bridgehead atoms. The number of carboxylic acids is 1. The van der Waals surface area contributed by atoms with Gasteiger partial charge in [-0.15, -0.1) is 11.3 Å². The second-order valence-corrected chi connectivity index (χ2v) is 6.79. The SMILES string of the molecule is CCN(CC)CCOc1cc(C(C)(C)C)sc1C(=O)O. The van der Waals surface area contributed by atoms with Gasteiger partial charge in [0.15, 0.2) is 4.88 Å². The van der Waals surface area contributed by atoms with Crippen LogP contribution in [-0.4, -0.2) is 42.2 Å². The van der Waals surface area contributed by atoms with Crippen LogP contribution in [-0.2, 0) is 5.41 Å². The second-order valence-electron chi connectivity index (χ2n) is 5.73. The van der Waals surface area contributed by atoms with Crippen LogP contribution >= 0.6 is 11.3 Å². The number of carboxylic acid groups (broad SMARTS) is 1. The minimum Gasteiger partial charge on any atom is -0.490 e. The van der Waals surface area contributed by atoms with Crippen molar-refractivity contribution in [3.63, 3.8) is 0 Å². The number of thiophene rings is 1. The smallest absolute Gasteiger partial charge is 0.349 e. The lowest BCUT2D eigenvalue weighted by Gasteiger charge is -2.18. The number of hydrogen-bond acceptors (Lipinski definition) is 4. The first-order valence-electron chi connectivity index (χ1n) is 7.02. The molecule has 0 radical (unpaired) electrons. The summed E-state index contributed by atoms with van der Waals surface area (Å²) in [4.78, 5) is 14.9. The van der Waals surface area contributed by atoms with Crippen molar-refractivity contribution in [1.29, 1.82) is 0 Å². The molecule has 0 spiro atoms. The number of aromatic carboxylic acids is 1. The summed E-state index contributed by atoms with van der Waals surface area (Å²) in [7, 11) is 0. The Morgan fingerprint density at radius 1 is 1.35 bits per heavy atom. The van der Waals surface area contributed by atoms with Crippen LogP contribution in [0.4, 0.5) is 0 Å². The van der Waals surface area contributed by atoms with E-state index in [1.165, 1.54) is 11.3 Å². The number of ether oxygens (including phenoxy) is 1. The van der Waals surface area contributed by atoms with Gasteiger partial charge in [0, 0.05) is 11.4 Å². The van der Waals surface area contributed by atoms with Gasteiger partial charge in [-0.3, -0.25) is 0 Å². The van der Waals surface area contributed by atoms with Crippen LogP contribution in [0.25, 0.3) is 0 Å². The third kappa shape index (κ3) is 4.49. The Bertz CT molecular complexity index is 444. The van der Waals surface area contributed by atoms with Crippen molar-refractivity contribution in [3.05, 3.63) is 15.8 Å². The van der Waals surface area contributed by atoms with Gasteiger partial charge in [0.05, 0.1) is 0 Å². The predicted molar refractivity (Wildman–Crippen MR) is 83.3 cm³/mol. The average Bonchev–Trinajstić information content (AvgIpc) is 2.79. The van der Waals surface area contributed by atoms with Gasteiger partial charge < -0.3 is 14.7 Å². The highest BCUT2D eigenvalue weighted by molar-refractivity contribution is 7.14. The lowest BCUT2D eigenvalue weighted by atomic mass is 9.95. The van der Waals surface area contributed by atoms with Crippen LogP contribution in [0, 0.1) is 0 Å². The molecule has 0 aromatic carbocycles. The van der Waals surface area contributed by atoms with Crippen molar-refractivity contribution in [2.75, 3.05) is 26.2 Å². The van der Waals surface area contributed by atoms with Crippen LogP contribution in [0.15, 0.2) is 6.07 Å². The molecule has 0 saturated carbocycles. The van der Waals surface area contributed by atoms with E-state index in [2.05, 4.69) is 39.5 Å². The zero-order valence-electron chi connectivity index (χ0n) is 13.0. The van der Waals surface area contributed by atoms with Crippen molar-refractivity contribution in [2.24, 2.45) is 0 Å². The third-order valence-electron chi connectivity index (χ3n) is 3.19. The molecule has 1 N–H and O–H groups in total. The van der Waals surface area contributed by atoms with Crippen LogP contribution in [0.1, 0.15) is 49.2 Å². The molecule has 0 aliphatic heterocycles. The van der Waals surface area contributed by atoms with Crippen molar-refractivity contribution in [2.45, 2.75) is 40.0 Å². The minimum absolute atomic E-state index is 0.0602. The Hall–Kier alpha value is -1.07. The van der Waals surface area contributed by atoms with Gasteiger partial charge in [0.1, 0.15) is 12.4 Å². The average molecular weight is 299 g/mol. The molecule has 0 fully saturated rings. The van der Waals surface area contributed by atoms with Gasteiger partial charge in [-0.05, 0) is 24.6 Å². The van der Waals surface area contributed by atoms with Crippen LogP contribution in [0.2, 0.25) is 0 Å². The molecule has 5 heteroatoms. The molecule has 0 aliphatic rings. The molecule has 4 nitrogen and oxygen atoms in total. The summed E-state index contributed by atoms with van der Waals surface area (Å²) in [6.07, 6.45) is 0. The van der Waals surface area contributed by atoms with Gasteiger partial charge in [0.2, 0.25) is 0 Å². The molecule has 114 valence electrons.